The Morgan fingerprint density at radius 1 is 1.06 bits per heavy atom. The summed E-state index contributed by atoms with van der Waals surface area (Å²) in [5.74, 6) is 0. The van der Waals surface area contributed by atoms with Crippen LogP contribution in [-0.2, 0) is 13.0 Å². The summed E-state index contributed by atoms with van der Waals surface area (Å²) in [4.78, 5) is 7.99. The van der Waals surface area contributed by atoms with Crippen molar-refractivity contribution in [1.82, 2.24) is 15.3 Å². The molecule has 0 bridgehead atoms. The van der Waals surface area contributed by atoms with Crippen molar-refractivity contribution in [2.75, 3.05) is 0 Å². The Balaban J connectivity index is 1.80. The Bertz CT molecular complexity index is 428. The van der Waals surface area contributed by atoms with Gasteiger partial charge in [0.15, 0.2) is 0 Å². The van der Waals surface area contributed by atoms with Crippen molar-refractivity contribution >= 4 is 0 Å². The van der Waals surface area contributed by atoms with Crippen LogP contribution in [0.1, 0.15) is 18.1 Å². The second-order valence-corrected chi connectivity index (χ2v) is 4.22. The van der Waals surface area contributed by atoms with Gasteiger partial charge in [-0.25, -0.2) is 9.97 Å². The molecule has 0 saturated carbocycles. The highest BCUT2D eigenvalue weighted by molar-refractivity contribution is 5.15. The zero-order valence-corrected chi connectivity index (χ0v) is 10.0. The van der Waals surface area contributed by atoms with E-state index in [2.05, 4.69) is 46.5 Å². The summed E-state index contributed by atoms with van der Waals surface area (Å²) in [5.41, 5.74) is 2.48. The molecule has 0 spiro atoms. The van der Waals surface area contributed by atoms with Crippen LogP contribution in [0.3, 0.4) is 0 Å². The van der Waals surface area contributed by atoms with Gasteiger partial charge in [0.2, 0.25) is 0 Å². The Kier molecular flexibility index (Phi) is 4.22. The summed E-state index contributed by atoms with van der Waals surface area (Å²) in [7, 11) is 0. The average molecular weight is 227 g/mol. The van der Waals surface area contributed by atoms with Crippen LogP contribution in [0.2, 0.25) is 0 Å². The predicted octanol–water partition coefficient (Wildman–Crippen LogP) is 2.20. The van der Waals surface area contributed by atoms with E-state index in [-0.39, 0.29) is 0 Å². The lowest BCUT2D eigenvalue weighted by Gasteiger charge is -2.13. The van der Waals surface area contributed by atoms with Crippen molar-refractivity contribution in [3.8, 4) is 0 Å². The third kappa shape index (κ3) is 3.96. The number of nitrogens with one attached hydrogen (secondary N) is 1. The fraction of sp³-hybridized carbons (Fsp3) is 0.286. The van der Waals surface area contributed by atoms with Crippen LogP contribution in [0.4, 0.5) is 0 Å². The average Bonchev–Trinajstić information content (AvgIpc) is 2.39. The first-order valence-electron chi connectivity index (χ1n) is 5.86. The van der Waals surface area contributed by atoms with Gasteiger partial charge in [0.1, 0.15) is 6.33 Å². The standard InChI is InChI=1S/C14H17N3/c1-12(7-13-5-3-2-4-6-13)17-10-14-8-15-11-16-9-14/h2-6,8-9,11-12,17H,7,10H2,1H3. The van der Waals surface area contributed by atoms with E-state index in [1.165, 1.54) is 5.56 Å². The fourth-order valence-corrected chi connectivity index (χ4v) is 1.75. The molecule has 3 heteroatoms. The minimum absolute atomic E-state index is 0.442. The monoisotopic (exact) mass is 227 g/mol. The number of hydrogen-bond acceptors (Lipinski definition) is 3. The van der Waals surface area contributed by atoms with Gasteiger partial charge in [0.05, 0.1) is 0 Å². The summed E-state index contributed by atoms with van der Waals surface area (Å²) < 4.78 is 0. The topological polar surface area (TPSA) is 37.8 Å². The molecule has 1 atom stereocenters. The van der Waals surface area contributed by atoms with Gasteiger partial charge in [-0.1, -0.05) is 30.3 Å². The number of aromatic nitrogens is 2. The normalized spacial score (nSPS) is 12.3. The molecule has 0 aliphatic heterocycles. The lowest BCUT2D eigenvalue weighted by molar-refractivity contribution is 0.544. The van der Waals surface area contributed by atoms with Gasteiger partial charge in [-0.2, -0.15) is 0 Å². The number of hydrogen-bond donors (Lipinski definition) is 1. The number of benzene rings is 1. The van der Waals surface area contributed by atoms with E-state index >= 15 is 0 Å². The summed E-state index contributed by atoms with van der Waals surface area (Å²) in [5, 5.41) is 3.47. The first-order valence-corrected chi connectivity index (χ1v) is 5.86. The predicted molar refractivity (Wildman–Crippen MR) is 68.5 cm³/mol. The molecule has 1 aromatic carbocycles. The van der Waals surface area contributed by atoms with Gasteiger partial charge in [-0.3, -0.25) is 0 Å². The first-order chi connectivity index (χ1) is 8.34. The molecule has 0 aliphatic rings. The minimum Gasteiger partial charge on any atom is -0.310 e. The van der Waals surface area contributed by atoms with Crippen molar-refractivity contribution in [1.29, 1.82) is 0 Å². The lowest BCUT2D eigenvalue weighted by Crippen LogP contribution is -2.27. The van der Waals surface area contributed by atoms with E-state index in [1.807, 2.05) is 18.5 Å². The minimum atomic E-state index is 0.442. The van der Waals surface area contributed by atoms with E-state index in [1.54, 1.807) is 6.33 Å². The highest BCUT2D eigenvalue weighted by Gasteiger charge is 2.02. The molecule has 1 unspecified atom stereocenters. The van der Waals surface area contributed by atoms with Crippen LogP contribution < -0.4 is 5.32 Å². The zero-order chi connectivity index (χ0) is 11.9. The van der Waals surface area contributed by atoms with E-state index in [4.69, 9.17) is 0 Å². The van der Waals surface area contributed by atoms with Crippen LogP contribution in [0.5, 0.6) is 0 Å². The molecule has 2 rings (SSSR count). The summed E-state index contributed by atoms with van der Waals surface area (Å²) >= 11 is 0. The van der Waals surface area contributed by atoms with Crippen molar-refractivity contribution in [2.24, 2.45) is 0 Å². The van der Waals surface area contributed by atoms with Gasteiger partial charge >= 0.3 is 0 Å². The summed E-state index contributed by atoms with van der Waals surface area (Å²) in [6, 6.07) is 11.0. The highest BCUT2D eigenvalue weighted by atomic mass is 14.9. The van der Waals surface area contributed by atoms with E-state index in [0.29, 0.717) is 6.04 Å². The molecule has 0 amide bonds. The van der Waals surface area contributed by atoms with Crippen LogP contribution >= 0.6 is 0 Å². The van der Waals surface area contributed by atoms with E-state index < -0.39 is 0 Å². The maximum atomic E-state index is 4.00. The molecule has 0 saturated heterocycles. The maximum Gasteiger partial charge on any atom is 0.115 e. The lowest BCUT2D eigenvalue weighted by atomic mass is 10.1. The Morgan fingerprint density at radius 2 is 1.76 bits per heavy atom. The number of nitrogens with zero attached hydrogens (tertiary/aromatic N) is 2. The van der Waals surface area contributed by atoms with Crippen molar-refractivity contribution in [3.05, 3.63) is 60.2 Å². The van der Waals surface area contributed by atoms with Gasteiger partial charge in [0.25, 0.3) is 0 Å². The maximum absolute atomic E-state index is 4.00. The summed E-state index contributed by atoms with van der Waals surface area (Å²) in [6.07, 6.45) is 6.27. The molecule has 1 aromatic heterocycles. The molecule has 3 nitrogen and oxygen atoms in total. The molecule has 0 radical (unpaired) electrons. The Labute approximate surface area is 102 Å². The molecule has 88 valence electrons. The quantitative estimate of drug-likeness (QED) is 0.851. The molecule has 2 aromatic rings. The second-order valence-electron chi connectivity index (χ2n) is 4.22. The molecule has 0 aliphatic carbocycles. The van der Waals surface area contributed by atoms with E-state index in [0.717, 1.165) is 18.5 Å². The Hall–Kier alpha value is -1.74. The van der Waals surface area contributed by atoms with Gasteiger partial charge in [0, 0.05) is 30.5 Å². The third-order valence-electron chi connectivity index (χ3n) is 2.65. The largest absolute Gasteiger partial charge is 0.310 e. The van der Waals surface area contributed by atoms with Gasteiger partial charge in [-0.15, -0.1) is 0 Å². The fourth-order valence-electron chi connectivity index (χ4n) is 1.75. The summed E-state index contributed by atoms with van der Waals surface area (Å²) in [6.45, 7) is 3.01. The molecular formula is C14H17N3. The van der Waals surface area contributed by atoms with Crippen LogP contribution in [0, 0.1) is 0 Å². The third-order valence-corrected chi connectivity index (χ3v) is 2.65. The van der Waals surface area contributed by atoms with Crippen molar-refractivity contribution < 1.29 is 0 Å². The molecular weight excluding hydrogens is 210 g/mol. The van der Waals surface area contributed by atoms with Crippen molar-refractivity contribution in [3.63, 3.8) is 0 Å². The van der Waals surface area contributed by atoms with Crippen molar-refractivity contribution in [2.45, 2.75) is 25.9 Å². The van der Waals surface area contributed by atoms with Crippen LogP contribution in [0.25, 0.3) is 0 Å². The van der Waals surface area contributed by atoms with Crippen LogP contribution in [-0.4, -0.2) is 16.0 Å². The smallest absolute Gasteiger partial charge is 0.115 e. The van der Waals surface area contributed by atoms with E-state index in [9.17, 15) is 0 Å². The zero-order valence-electron chi connectivity index (χ0n) is 10.0. The van der Waals surface area contributed by atoms with Crippen LogP contribution in [0.15, 0.2) is 49.1 Å². The first kappa shape index (κ1) is 11.7. The molecule has 1 N–H and O–H groups in total. The molecule has 17 heavy (non-hydrogen) atoms. The number of rotatable bonds is 5. The molecule has 1 heterocycles. The highest BCUT2D eigenvalue weighted by Crippen LogP contribution is 2.03. The van der Waals surface area contributed by atoms with Gasteiger partial charge < -0.3 is 5.32 Å². The second kappa shape index (κ2) is 6.11. The SMILES string of the molecule is CC(Cc1ccccc1)NCc1cncnc1. The van der Waals surface area contributed by atoms with Gasteiger partial charge in [-0.05, 0) is 18.9 Å². The molecule has 0 fully saturated rings. The Morgan fingerprint density at radius 3 is 2.47 bits per heavy atom.